The molecule has 0 aromatic heterocycles. The van der Waals surface area contributed by atoms with Crippen molar-refractivity contribution in [2.45, 2.75) is 23.3 Å². The van der Waals surface area contributed by atoms with E-state index < -0.39 is 15.4 Å². The molecule has 7 heteroatoms. The number of amides is 1. The Bertz CT molecular complexity index is 567. The van der Waals surface area contributed by atoms with E-state index >= 15 is 0 Å². The van der Waals surface area contributed by atoms with E-state index in [2.05, 4.69) is 5.32 Å². The molecule has 1 fully saturated rings. The third-order valence-corrected chi connectivity index (χ3v) is 3.87. The summed E-state index contributed by atoms with van der Waals surface area (Å²) in [6.45, 7) is 0. The highest BCUT2D eigenvalue weighted by Gasteiger charge is 2.45. The summed E-state index contributed by atoms with van der Waals surface area (Å²) in [5.74, 6) is -0.261. The van der Waals surface area contributed by atoms with E-state index in [0.29, 0.717) is 18.5 Å². The van der Waals surface area contributed by atoms with Crippen molar-refractivity contribution in [3.05, 3.63) is 24.3 Å². The van der Waals surface area contributed by atoms with Crippen LogP contribution >= 0.6 is 12.4 Å². The third-order valence-electron chi connectivity index (χ3n) is 2.76. The van der Waals surface area contributed by atoms with E-state index in [0.717, 1.165) is 6.26 Å². The lowest BCUT2D eigenvalue weighted by Crippen LogP contribution is -2.37. The average Bonchev–Trinajstić information content (AvgIpc) is 2.97. The van der Waals surface area contributed by atoms with E-state index in [-0.39, 0.29) is 23.2 Å². The zero-order valence-electron chi connectivity index (χ0n) is 9.84. The molecule has 1 amide bonds. The second kappa shape index (κ2) is 4.87. The molecule has 0 radical (unpaired) electrons. The van der Waals surface area contributed by atoms with Gasteiger partial charge in [0.1, 0.15) is 0 Å². The largest absolute Gasteiger partial charge is 0.324 e. The summed E-state index contributed by atoms with van der Waals surface area (Å²) in [5.41, 5.74) is 5.42. The van der Waals surface area contributed by atoms with Gasteiger partial charge in [0.15, 0.2) is 9.84 Å². The number of benzene rings is 1. The van der Waals surface area contributed by atoms with E-state index in [1.165, 1.54) is 12.1 Å². The van der Waals surface area contributed by atoms with Crippen LogP contribution in [0.4, 0.5) is 5.69 Å². The maximum atomic E-state index is 11.7. The summed E-state index contributed by atoms with van der Waals surface area (Å²) < 4.78 is 22.7. The monoisotopic (exact) mass is 290 g/mol. The van der Waals surface area contributed by atoms with Gasteiger partial charge in [-0.15, -0.1) is 12.4 Å². The average molecular weight is 291 g/mol. The minimum Gasteiger partial charge on any atom is -0.324 e. The molecular formula is C11H15ClN2O3S. The Kier molecular flexibility index (Phi) is 4.05. The molecule has 1 saturated carbocycles. The van der Waals surface area contributed by atoms with E-state index in [9.17, 15) is 13.2 Å². The fourth-order valence-electron chi connectivity index (χ4n) is 1.42. The molecule has 18 heavy (non-hydrogen) atoms. The Balaban J connectivity index is 0.00000162. The number of halogens is 1. The highest BCUT2D eigenvalue weighted by Crippen LogP contribution is 2.33. The van der Waals surface area contributed by atoms with Crippen LogP contribution in [0.5, 0.6) is 0 Å². The Morgan fingerprint density at radius 2 is 2.00 bits per heavy atom. The fourth-order valence-corrected chi connectivity index (χ4v) is 2.09. The van der Waals surface area contributed by atoms with Gasteiger partial charge in [-0.25, -0.2) is 8.42 Å². The van der Waals surface area contributed by atoms with Crippen LogP contribution in [0, 0.1) is 0 Å². The summed E-state index contributed by atoms with van der Waals surface area (Å²) in [7, 11) is -3.26. The van der Waals surface area contributed by atoms with Crippen LogP contribution in [0.15, 0.2) is 29.2 Å². The molecule has 3 N–H and O–H groups in total. The first kappa shape index (κ1) is 14.9. The molecule has 0 atom stereocenters. The van der Waals surface area contributed by atoms with Crippen LogP contribution in [0.25, 0.3) is 0 Å². The molecule has 0 aliphatic heterocycles. The van der Waals surface area contributed by atoms with Crippen molar-refractivity contribution in [3.63, 3.8) is 0 Å². The highest BCUT2D eigenvalue weighted by atomic mass is 35.5. The number of carbonyl (C=O) groups is 1. The smallest absolute Gasteiger partial charge is 0.244 e. The van der Waals surface area contributed by atoms with Gasteiger partial charge in [-0.2, -0.15) is 0 Å². The molecule has 1 aromatic rings. The standard InChI is InChI=1S/C11H14N2O3S.ClH/c1-17(15,16)9-4-2-3-8(7-9)13-10(14)11(12)5-6-11;/h2-4,7H,5-6,12H2,1H3,(H,13,14);1H. The zero-order chi connectivity index (χ0) is 12.7. The zero-order valence-corrected chi connectivity index (χ0v) is 11.5. The second-order valence-corrected chi connectivity index (χ2v) is 6.43. The predicted molar refractivity (Wildman–Crippen MR) is 71.6 cm³/mol. The Hall–Kier alpha value is -1.11. The Labute approximate surface area is 112 Å². The normalized spacial score (nSPS) is 16.6. The number of sulfone groups is 1. The molecule has 0 heterocycles. The van der Waals surface area contributed by atoms with Crippen LogP contribution < -0.4 is 11.1 Å². The van der Waals surface area contributed by atoms with Crippen LogP contribution in [-0.4, -0.2) is 26.1 Å². The minimum atomic E-state index is -3.26. The number of carbonyl (C=O) groups excluding carboxylic acids is 1. The van der Waals surface area contributed by atoms with Crippen molar-refractivity contribution in [1.29, 1.82) is 0 Å². The summed E-state index contributed by atoms with van der Waals surface area (Å²) in [4.78, 5) is 11.8. The molecule has 1 aliphatic rings. The van der Waals surface area contributed by atoms with Crippen molar-refractivity contribution in [2.24, 2.45) is 5.73 Å². The molecular weight excluding hydrogens is 276 g/mol. The molecule has 1 aromatic carbocycles. The molecule has 0 bridgehead atoms. The van der Waals surface area contributed by atoms with Gasteiger partial charge in [-0.05, 0) is 31.0 Å². The van der Waals surface area contributed by atoms with Gasteiger partial charge in [0.05, 0.1) is 10.4 Å². The molecule has 0 saturated heterocycles. The van der Waals surface area contributed by atoms with Gasteiger partial charge >= 0.3 is 0 Å². The van der Waals surface area contributed by atoms with Crippen molar-refractivity contribution in [1.82, 2.24) is 0 Å². The summed E-state index contributed by atoms with van der Waals surface area (Å²) in [6, 6.07) is 6.14. The van der Waals surface area contributed by atoms with Crippen LogP contribution in [0.1, 0.15) is 12.8 Å². The van der Waals surface area contributed by atoms with Crippen molar-refractivity contribution in [2.75, 3.05) is 11.6 Å². The summed E-state index contributed by atoms with van der Waals surface area (Å²) >= 11 is 0. The lowest BCUT2D eigenvalue weighted by atomic mass is 10.2. The van der Waals surface area contributed by atoms with Crippen molar-refractivity contribution in [3.8, 4) is 0 Å². The van der Waals surface area contributed by atoms with Gasteiger partial charge in [-0.1, -0.05) is 6.07 Å². The van der Waals surface area contributed by atoms with Gasteiger partial charge in [0, 0.05) is 11.9 Å². The van der Waals surface area contributed by atoms with Crippen molar-refractivity contribution < 1.29 is 13.2 Å². The number of nitrogens with one attached hydrogen (secondary N) is 1. The topological polar surface area (TPSA) is 89.3 Å². The molecule has 100 valence electrons. The minimum absolute atomic E-state index is 0. The molecule has 0 unspecified atom stereocenters. The van der Waals surface area contributed by atoms with Crippen molar-refractivity contribution >= 4 is 33.8 Å². The van der Waals surface area contributed by atoms with E-state index in [1.807, 2.05) is 0 Å². The first-order valence-corrected chi connectivity index (χ1v) is 7.11. The number of anilines is 1. The third kappa shape index (κ3) is 3.22. The maximum absolute atomic E-state index is 11.7. The second-order valence-electron chi connectivity index (χ2n) is 4.41. The highest BCUT2D eigenvalue weighted by molar-refractivity contribution is 7.90. The molecule has 5 nitrogen and oxygen atoms in total. The van der Waals surface area contributed by atoms with Crippen LogP contribution in [0.3, 0.4) is 0 Å². The summed E-state index contributed by atoms with van der Waals surface area (Å²) in [6.07, 6.45) is 2.47. The number of hydrogen-bond donors (Lipinski definition) is 2. The van der Waals surface area contributed by atoms with Gasteiger partial charge in [0.2, 0.25) is 5.91 Å². The van der Waals surface area contributed by atoms with Gasteiger partial charge in [0.25, 0.3) is 0 Å². The van der Waals surface area contributed by atoms with Crippen LogP contribution in [0.2, 0.25) is 0 Å². The van der Waals surface area contributed by atoms with Crippen LogP contribution in [-0.2, 0) is 14.6 Å². The number of nitrogens with two attached hydrogens (primary N) is 1. The quantitative estimate of drug-likeness (QED) is 0.867. The van der Waals surface area contributed by atoms with E-state index in [4.69, 9.17) is 5.73 Å². The van der Waals surface area contributed by atoms with E-state index in [1.54, 1.807) is 12.1 Å². The predicted octanol–water partition coefficient (Wildman–Crippen LogP) is 0.942. The maximum Gasteiger partial charge on any atom is 0.244 e. The lowest BCUT2D eigenvalue weighted by molar-refractivity contribution is -0.118. The van der Waals surface area contributed by atoms with Gasteiger partial charge in [-0.3, -0.25) is 4.79 Å². The number of hydrogen-bond acceptors (Lipinski definition) is 4. The number of rotatable bonds is 3. The Morgan fingerprint density at radius 3 is 2.50 bits per heavy atom. The Morgan fingerprint density at radius 1 is 1.39 bits per heavy atom. The first-order valence-electron chi connectivity index (χ1n) is 5.22. The SMILES string of the molecule is CS(=O)(=O)c1cccc(NC(=O)C2(N)CC2)c1.Cl. The first-order chi connectivity index (χ1) is 7.81. The van der Waals surface area contributed by atoms with Gasteiger partial charge < -0.3 is 11.1 Å². The molecule has 2 rings (SSSR count). The molecule has 0 spiro atoms. The molecule has 1 aliphatic carbocycles. The summed E-state index contributed by atoms with van der Waals surface area (Å²) in [5, 5.41) is 2.63. The lowest BCUT2D eigenvalue weighted by Gasteiger charge is -2.10. The fraction of sp³-hybridized carbons (Fsp3) is 0.364.